The molecule has 1 aromatic heterocycles. The number of benzene rings is 1. The number of piperidine rings is 1. The molecular formula is C20H24ClN3O2. The number of aromatic amines is 1. The Bertz CT molecular complexity index is 830. The molecule has 138 valence electrons. The van der Waals surface area contributed by atoms with E-state index in [9.17, 15) is 9.59 Å². The number of carbonyl (C=O) groups is 1. The van der Waals surface area contributed by atoms with Crippen molar-refractivity contribution in [2.24, 2.45) is 0 Å². The summed E-state index contributed by atoms with van der Waals surface area (Å²) in [6, 6.07) is 10.0. The van der Waals surface area contributed by atoms with Gasteiger partial charge in [0.2, 0.25) is 0 Å². The first-order valence-electron chi connectivity index (χ1n) is 8.88. The van der Waals surface area contributed by atoms with E-state index in [1.807, 2.05) is 19.0 Å². The Morgan fingerprint density at radius 1 is 1.27 bits per heavy atom. The number of carbonyl (C=O) groups excluding carboxylic acids is 1. The van der Waals surface area contributed by atoms with Gasteiger partial charge >= 0.3 is 0 Å². The van der Waals surface area contributed by atoms with Crippen LogP contribution in [0.2, 0.25) is 5.02 Å². The molecule has 2 aromatic rings. The Morgan fingerprint density at radius 3 is 2.65 bits per heavy atom. The van der Waals surface area contributed by atoms with Crippen molar-refractivity contribution >= 4 is 17.5 Å². The number of aromatic nitrogens is 1. The molecule has 1 N–H and O–H groups in total. The number of hydrogen-bond donors (Lipinski definition) is 1. The lowest BCUT2D eigenvalue weighted by Crippen LogP contribution is -2.38. The lowest BCUT2D eigenvalue weighted by Gasteiger charge is -2.36. The number of rotatable bonds is 4. The monoisotopic (exact) mass is 373 g/mol. The summed E-state index contributed by atoms with van der Waals surface area (Å²) >= 11 is 5.89. The molecule has 26 heavy (non-hydrogen) atoms. The van der Waals surface area contributed by atoms with Gasteiger partial charge in [0.15, 0.2) is 0 Å². The fourth-order valence-corrected chi connectivity index (χ4v) is 3.65. The summed E-state index contributed by atoms with van der Waals surface area (Å²) in [6.07, 6.45) is 4.47. The Balaban J connectivity index is 1.84. The first-order valence-corrected chi connectivity index (χ1v) is 9.26. The minimum atomic E-state index is -0.380. The van der Waals surface area contributed by atoms with E-state index < -0.39 is 0 Å². The van der Waals surface area contributed by atoms with Crippen LogP contribution in [0.1, 0.15) is 46.8 Å². The van der Waals surface area contributed by atoms with Crippen molar-refractivity contribution in [1.82, 2.24) is 14.8 Å². The van der Waals surface area contributed by atoms with Gasteiger partial charge in [-0.05, 0) is 50.6 Å². The topological polar surface area (TPSA) is 56.4 Å². The van der Waals surface area contributed by atoms with Crippen LogP contribution >= 0.6 is 11.6 Å². The van der Waals surface area contributed by atoms with E-state index in [4.69, 9.17) is 11.6 Å². The Kier molecular flexibility index (Phi) is 5.79. The largest absolute Gasteiger partial charge is 0.332 e. The molecule has 3 rings (SSSR count). The van der Waals surface area contributed by atoms with Crippen LogP contribution < -0.4 is 5.56 Å². The number of pyridine rings is 1. The molecule has 1 atom stereocenters. The van der Waals surface area contributed by atoms with Gasteiger partial charge < -0.3 is 14.8 Å². The molecule has 1 saturated heterocycles. The molecule has 5 nitrogen and oxygen atoms in total. The third-order valence-electron chi connectivity index (χ3n) is 4.73. The molecule has 6 heteroatoms. The fraction of sp³-hybridized carbons (Fsp3) is 0.400. The van der Waals surface area contributed by atoms with Crippen LogP contribution in [-0.2, 0) is 6.54 Å². The van der Waals surface area contributed by atoms with Crippen LogP contribution in [0.4, 0.5) is 0 Å². The maximum Gasteiger partial charge on any atom is 0.266 e. The highest BCUT2D eigenvalue weighted by Crippen LogP contribution is 2.32. The fourth-order valence-electron chi connectivity index (χ4n) is 3.48. The third kappa shape index (κ3) is 4.17. The zero-order chi connectivity index (χ0) is 18.7. The highest BCUT2D eigenvalue weighted by Gasteiger charge is 2.29. The maximum absolute atomic E-state index is 13.0. The van der Waals surface area contributed by atoms with Crippen molar-refractivity contribution in [2.75, 3.05) is 20.6 Å². The molecule has 2 heterocycles. The summed E-state index contributed by atoms with van der Waals surface area (Å²) in [6.45, 7) is 1.60. The summed E-state index contributed by atoms with van der Waals surface area (Å²) in [7, 11) is 4.09. The second-order valence-corrected chi connectivity index (χ2v) is 7.46. The van der Waals surface area contributed by atoms with E-state index >= 15 is 0 Å². The summed E-state index contributed by atoms with van der Waals surface area (Å²) in [4.78, 5) is 31.0. The number of nitrogens with one attached hydrogen (secondary N) is 1. The van der Waals surface area contributed by atoms with E-state index in [-0.39, 0.29) is 22.5 Å². The van der Waals surface area contributed by atoms with E-state index in [0.717, 1.165) is 31.4 Å². The molecule has 1 aliphatic heterocycles. The summed E-state index contributed by atoms with van der Waals surface area (Å²) < 4.78 is 0. The predicted molar refractivity (Wildman–Crippen MR) is 104 cm³/mol. The molecule has 1 fully saturated rings. The van der Waals surface area contributed by atoms with Gasteiger partial charge in [0.25, 0.3) is 11.5 Å². The Labute approximate surface area is 158 Å². The first kappa shape index (κ1) is 18.7. The van der Waals surface area contributed by atoms with E-state index in [0.29, 0.717) is 12.1 Å². The highest BCUT2D eigenvalue weighted by molar-refractivity contribution is 6.30. The molecule has 0 radical (unpaired) electrons. The van der Waals surface area contributed by atoms with Crippen LogP contribution in [0.25, 0.3) is 0 Å². The first-order chi connectivity index (χ1) is 12.5. The average Bonchev–Trinajstić information content (AvgIpc) is 2.63. The number of halogens is 1. The molecule has 0 unspecified atom stereocenters. The molecule has 1 amide bonds. The molecule has 1 aromatic carbocycles. The lowest BCUT2D eigenvalue weighted by molar-refractivity contribution is 0.0611. The van der Waals surface area contributed by atoms with Crippen molar-refractivity contribution in [3.63, 3.8) is 0 Å². The molecule has 0 aliphatic carbocycles. The van der Waals surface area contributed by atoms with Gasteiger partial charge in [-0.3, -0.25) is 9.59 Å². The number of hydrogen-bond acceptors (Lipinski definition) is 3. The van der Waals surface area contributed by atoms with Crippen LogP contribution in [-0.4, -0.2) is 41.3 Å². The van der Waals surface area contributed by atoms with Crippen molar-refractivity contribution in [3.8, 4) is 0 Å². The van der Waals surface area contributed by atoms with Crippen LogP contribution in [0.15, 0.2) is 41.3 Å². The molecule has 0 saturated carbocycles. The van der Waals surface area contributed by atoms with Crippen molar-refractivity contribution in [1.29, 1.82) is 0 Å². The van der Waals surface area contributed by atoms with Crippen molar-refractivity contribution in [3.05, 3.63) is 68.6 Å². The minimum Gasteiger partial charge on any atom is -0.332 e. The van der Waals surface area contributed by atoms with Crippen LogP contribution in [0.5, 0.6) is 0 Å². The normalized spacial score (nSPS) is 17.5. The second-order valence-electron chi connectivity index (χ2n) is 7.05. The number of nitrogens with zero attached hydrogens (tertiary/aromatic N) is 2. The molecular weight excluding hydrogens is 350 g/mol. The number of amides is 1. The second kappa shape index (κ2) is 8.06. The SMILES string of the molecule is CN(C)Cc1ccc([C@H]2CCCCN2C(=O)c2c[nH]c(=O)c(Cl)c2)cc1. The zero-order valence-corrected chi connectivity index (χ0v) is 15.9. The van der Waals surface area contributed by atoms with Gasteiger partial charge in [-0.15, -0.1) is 0 Å². The minimum absolute atomic E-state index is 0.0393. The van der Waals surface area contributed by atoms with Gasteiger partial charge in [0, 0.05) is 19.3 Å². The zero-order valence-electron chi connectivity index (χ0n) is 15.2. The maximum atomic E-state index is 13.0. The summed E-state index contributed by atoms with van der Waals surface area (Å²) in [5.74, 6) is -0.0924. The number of H-pyrrole nitrogens is 1. The van der Waals surface area contributed by atoms with Gasteiger partial charge in [0.05, 0.1) is 11.6 Å². The smallest absolute Gasteiger partial charge is 0.266 e. The van der Waals surface area contributed by atoms with Gasteiger partial charge in [0.1, 0.15) is 5.02 Å². The van der Waals surface area contributed by atoms with E-state index in [1.54, 1.807) is 0 Å². The average molecular weight is 374 g/mol. The van der Waals surface area contributed by atoms with E-state index in [1.165, 1.54) is 17.8 Å². The van der Waals surface area contributed by atoms with Crippen molar-refractivity contribution in [2.45, 2.75) is 31.8 Å². The van der Waals surface area contributed by atoms with Crippen molar-refractivity contribution < 1.29 is 4.79 Å². The standard InChI is InChI=1S/C20H24ClN3O2/c1-23(2)13-14-6-8-15(9-7-14)18-5-3-4-10-24(18)20(26)16-11-17(21)19(25)22-12-16/h6-9,11-12,18H,3-5,10,13H2,1-2H3,(H,22,25)/t18-/m1/s1. The quantitative estimate of drug-likeness (QED) is 0.892. The van der Waals surface area contributed by atoms with Crippen LogP contribution in [0, 0.1) is 0 Å². The van der Waals surface area contributed by atoms with Gasteiger partial charge in [-0.1, -0.05) is 35.9 Å². The predicted octanol–water partition coefficient (Wildman–Crippen LogP) is 3.46. The summed E-state index contributed by atoms with van der Waals surface area (Å²) in [5, 5.41) is 0.0393. The Morgan fingerprint density at radius 2 is 2.00 bits per heavy atom. The Hall–Kier alpha value is -2.11. The van der Waals surface area contributed by atoms with E-state index in [2.05, 4.69) is 34.1 Å². The van der Waals surface area contributed by atoms with Gasteiger partial charge in [-0.2, -0.15) is 0 Å². The lowest BCUT2D eigenvalue weighted by atomic mass is 9.94. The molecule has 0 bridgehead atoms. The molecule has 0 spiro atoms. The third-order valence-corrected chi connectivity index (χ3v) is 5.01. The van der Waals surface area contributed by atoms with Gasteiger partial charge in [-0.25, -0.2) is 0 Å². The summed E-state index contributed by atoms with van der Waals surface area (Å²) in [5.41, 5.74) is 2.44. The van der Waals surface area contributed by atoms with Crippen LogP contribution in [0.3, 0.4) is 0 Å². The highest BCUT2D eigenvalue weighted by atomic mass is 35.5. The number of likely N-dealkylation sites (tertiary alicyclic amines) is 1. The molecule has 1 aliphatic rings.